The largest absolute Gasteiger partial charge is 0.329 e. The van der Waals surface area contributed by atoms with E-state index in [9.17, 15) is 12.8 Å². The van der Waals surface area contributed by atoms with Crippen LogP contribution < -0.4 is 5.73 Å². The highest BCUT2D eigenvalue weighted by atomic mass is 35.5. The second kappa shape index (κ2) is 9.34. The maximum atomic E-state index is 13.4. The van der Waals surface area contributed by atoms with Gasteiger partial charge in [0.05, 0.1) is 5.02 Å². The van der Waals surface area contributed by atoms with Gasteiger partial charge < -0.3 is 5.73 Å². The van der Waals surface area contributed by atoms with Crippen LogP contribution in [0.4, 0.5) is 4.39 Å². The first-order valence-corrected chi connectivity index (χ1v) is 8.96. The summed E-state index contributed by atoms with van der Waals surface area (Å²) in [6, 6.07) is 12.8. The summed E-state index contributed by atoms with van der Waals surface area (Å²) in [5.41, 5.74) is 6.54. The van der Waals surface area contributed by atoms with Crippen LogP contribution in [0, 0.1) is 5.82 Å². The van der Waals surface area contributed by atoms with Crippen molar-refractivity contribution < 1.29 is 12.8 Å². The Balaban J connectivity index is 0.00000288. The van der Waals surface area contributed by atoms with E-state index in [0.717, 1.165) is 17.7 Å². The summed E-state index contributed by atoms with van der Waals surface area (Å²) in [4.78, 5) is -0.235. The number of nitrogens with zero attached hydrogens (tertiary/aromatic N) is 1. The molecule has 0 fully saturated rings. The number of hydrogen-bond donors (Lipinski definition) is 1. The Bertz CT molecular complexity index is 758. The van der Waals surface area contributed by atoms with Gasteiger partial charge in [-0.15, -0.1) is 12.4 Å². The lowest BCUT2D eigenvalue weighted by Gasteiger charge is -2.22. The fraction of sp³-hybridized carbons (Fsp3) is 0.250. The standard InChI is InChI=1S/C16H18ClFN2O2S.ClH/c17-15-7-6-14(18)12-16(15)23(21,22)20(11-9-19)10-8-13-4-2-1-3-5-13;/h1-7,12H,8-11,19H2;1H. The molecule has 4 nitrogen and oxygen atoms in total. The van der Waals surface area contributed by atoms with Crippen LogP contribution in [0.5, 0.6) is 0 Å². The van der Waals surface area contributed by atoms with Crippen molar-refractivity contribution in [1.82, 2.24) is 4.31 Å². The average molecular weight is 393 g/mol. The average Bonchev–Trinajstić information content (AvgIpc) is 2.54. The molecule has 24 heavy (non-hydrogen) atoms. The van der Waals surface area contributed by atoms with Gasteiger partial charge >= 0.3 is 0 Å². The van der Waals surface area contributed by atoms with Crippen molar-refractivity contribution >= 4 is 34.0 Å². The van der Waals surface area contributed by atoms with Crippen LogP contribution in [0.15, 0.2) is 53.4 Å². The van der Waals surface area contributed by atoms with Crippen LogP contribution in [0.2, 0.25) is 5.02 Å². The fourth-order valence-electron chi connectivity index (χ4n) is 2.21. The van der Waals surface area contributed by atoms with E-state index in [1.807, 2.05) is 30.3 Å². The van der Waals surface area contributed by atoms with Gasteiger partial charge in [-0.1, -0.05) is 41.9 Å². The van der Waals surface area contributed by atoms with E-state index in [1.165, 1.54) is 10.4 Å². The number of sulfonamides is 1. The molecule has 2 aromatic rings. The van der Waals surface area contributed by atoms with Gasteiger partial charge in [-0.3, -0.25) is 0 Å². The third kappa shape index (κ3) is 5.16. The Morgan fingerprint density at radius 3 is 2.38 bits per heavy atom. The lowest BCUT2D eigenvalue weighted by molar-refractivity contribution is 0.421. The predicted octanol–water partition coefficient (Wildman–Crippen LogP) is 3.09. The topological polar surface area (TPSA) is 63.4 Å². The lowest BCUT2D eigenvalue weighted by Crippen LogP contribution is -2.37. The van der Waals surface area contributed by atoms with Gasteiger partial charge in [-0.05, 0) is 30.2 Å². The summed E-state index contributed by atoms with van der Waals surface area (Å²) in [5, 5.41) is -0.00636. The van der Waals surface area contributed by atoms with Gasteiger partial charge in [0.15, 0.2) is 0 Å². The van der Waals surface area contributed by atoms with E-state index in [1.54, 1.807) is 0 Å². The quantitative estimate of drug-likeness (QED) is 0.787. The van der Waals surface area contributed by atoms with E-state index >= 15 is 0 Å². The Morgan fingerprint density at radius 2 is 1.75 bits per heavy atom. The Kier molecular flexibility index (Phi) is 8.12. The molecule has 0 aliphatic carbocycles. The van der Waals surface area contributed by atoms with Gasteiger partial charge in [0.1, 0.15) is 10.7 Å². The summed E-state index contributed by atoms with van der Waals surface area (Å²) < 4.78 is 40.1. The Morgan fingerprint density at radius 1 is 1.08 bits per heavy atom. The number of benzene rings is 2. The molecule has 0 atom stereocenters. The first-order valence-electron chi connectivity index (χ1n) is 7.14. The van der Waals surface area contributed by atoms with Gasteiger partial charge in [-0.25, -0.2) is 12.8 Å². The summed E-state index contributed by atoms with van der Waals surface area (Å²) in [6.45, 7) is 0.555. The Labute approximate surface area is 152 Å². The highest BCUT2D eigenvalue weighted by molar-refractivity contribution is 7.89. The molecule has 2 N–H and O–H groups in total. The summed E-state index contributed by atoms with van der Waals surface area (Å²) in [6.07, 6.45) is 0.535. The molecular formula is C16H19Cl2FN2O2S. The first-order chi connectivity index (χ1) is 10.9. The second-order valence-corrected chi connectivity index (χ2v) is 7.32. The van der Waals surface area contributed by atoms with Crippen molar-refractivity contribution in [3.63, 3.8) is 0 Å². The van der Waals surface area contributed by atoms with Crippen molar-refractivity contribution in [2.24, 2.45) is 5.73 Å². The molecule has 0 spiro atoms. The highest BCUT2D eigenvalue weighted by Gasteiger charge is 2.26. The summed E-state index contributed by atoms with van der Waals surface area (Å²) in [7, 11) is -3.91. The summed E-state index contributed by atoms with van der Waals surface area (Å²) >= 11 is 5.94. The van der Waals surface area contributed by atoms with E-state index in [4.69, 9.17) is 17.3 Å². The van der Waals surface area contributed by atoms with Crippen molar-refractivity contribution in [3.8, 4) is 0 Å². The molecule has 0 saturated heterocycles. The molecule has 0 heterocycles. The molecule has 0 amide bonds. The van der Waals surface area contributed by atoms with Crippen molar-refractivity contribution in [2.45, 2.75) is 11.3 Å². The van der Waals surface area contributed by atoms with Crippen molar-refractivity contribution in [1.29, 1.82) is 0 Å². The summed E-state index contributed by atoms with van der Waals surface area (Å²) in [5.74, 6) is -0.649. The van der Waals surface area contributed by atoms with E-state index in [0.29, 0.717) is 6.42 Å². The van der Waals surface area contributed by atoms with Crippen LogP contribution in [-0.4, -0.2) is 32.4 Å². The van der Waals surface area contributed by atoms with Gasteiger partial charge in [0.25, 0.3) is 0 Å². The second-order valence-electron chi connectivity index (χ2n) is 5.00. The molecule has 0 radical (unpaired) electrons. The highest BCUT2D eigenvalue weighted by Crippen LogP contribution is 2.25. The van der Waals surface area contributed by atoms with Crippen LogP contribution in [0.1, 0.15) is 5.56 Å². The zero-order valence-corrected chi connectivity index (χ0v) is 15.2. The minimum Gasteiger partial charge on any atom is -0.329 e. The van der Waals surface area contributed by atoms with Gasteiger partial charge in [-0.2, -0.15) is 4.31 Å². The molecule has 0 bridgehead atoms. The van der Waals surface area contributed by atoms with E-state index in [-0.39, 0.29) is 42.0 Å². The van der Waals surface area contributed by atoms with Crippen LogP contribution in [-0.2, 0) is 16.4 Å². The third-order valence-electron chi connectivity index (χ3n) is 3.38. The molecule has 2 rings (SSSR count). The minimum atomic E-state index is -3.91. The number of rotatable bonds is 7. The zero-order valence-electron chi connectivity index (χ0n) is 12.9. The molecule has 0 saturated carbocycles. The maximum absolute atomic E-state index is 13.4. The number of nitrogens with two attached hydrogens (primary N) is 1. The SMILES string of the molecule is Cl.NCCN(CCc1ccccc1)S(=O)(=O)c1cc(F)ccc1Cl. The van der Waals surface area contributed by atoms with Crippen LogP contribution in [0.25, 0.3) is 0 Å². The molecule has 8 heteroatoms. The maximum Gasteiger partial charge on any atom is 0.244 e. The molecule has 0 aliphatic heterocycles. The molecule has 132 valence electrons. The van der Waals surface area contributed by atoms with E-state index < -0.39 is 15.8 Å². The smallest absolute Gasteiger partial charge is 0.244 e. The number of halogens is 3. The fourth-order valence-corrected chi connectivity index (χ4v) is 4.15. The first kappa shape index (κ1) is 20.9. The van der Waals surface area contributed by atoms with Crippen molar-refractivity contribution in [2.75, 3.05) is 19.6 Å². The monoisotopic (exact) mass is 392 g/mol. The Hall–Kier alpha value is -1.18. The van der Waals surface area contributed by atoms with Crippen LogP contribution in [0.3, 0.4) is 0 Å². The molecule has 0 aliphatic rings. The predicted molar refractivity (Wildman–Crippen MR) is 96.6 cm³/mol. The zero-order chi connectivity index (χ0) is 16.9. The lowest BCUT2D eigenvalue weighted by atomic mass is 10.1. The normalized spacial score (nSPS) is 11.3. The molecule has 0 unspecified atom stereocenters. The van der Waals surface area contributed by atoms with Gasteiger partial charge in [0, 0.05) is 19.6 Å². The molecule has 0 aromatic heterocycles. The molecular weight excluding hydrogens is 374 g/mol. The third-order valence-corrected chi connectivity index (χ3v) is 5.76. The van der Waals surface area contributed by atoms with Crippen molar-refractivity contribution in [3.05, 3.63) is 64.9 Å². The van der Waals surface area contributed by atoms with Crippen LogP contribution >= 0.6 is 24.0 Å². The number of hydrogen-bond acceptors (Lipinski definition) is 3. The van der Waals surface area contributed by atoms with Gasteiger partial charge in [0.2, 0.25) is 10.0 Å². The molecule has 2 aromatic carbocycles. The van der Waals surface area contributed by atoms with E-state index in [2.05, 4.69) is 0 Å². The minimum absolute atomic E-state index is 0.